The highest BCUT2D eigenvalue weighted by Gasteiger charge is 2.05. The number of carbonyl (C=O) groups is 1. The zero-order valence-electron chi connectivity index (χ0n) is 11.8. The first-order valence-electron chi connectivity index (χ1n) is 7.06. The smallest absolute Gasteiger partial charge is 0.305 e. The van der Waals surface area contributed by atoms with Gasteiger partial charge in [-0.2, -0.15) is 8.42 Å². The lowest BCUT2D eigenvalue weighted by Gasteiger charge is -2.04. The average Bonchev–Trinajstić information content (AvgIpc) is 2.31. The van der Waals surface area contributed by atoms with Crippen molar-refractivity contribution < 1.29 is 22.5 Å². The van der Waals surface area contributed by atoms with Gasteiger partial charge in [0.05, 0.1) is 12.4 Å². The summed E-state index contributed by atoms with van der Waals surface area (Å²) >= 11 is 0. The van der Waals surface area contributed by atoms with E-state index in [-0.39, 0.29) is 18.3 Å². The molecule has 0 bridgehead atoms. The highest BCUT2D eigenvalue weighted by molar-refractivity contribution is 7.85. The zero-order chi connectivity index (χ0) is 14.6. The fraction of sp³-hybridized carbons (Fsp3) is 0.923. The molecule has 114 valence electrons. The predicted octanol–water partition coefficient (Wildman–Crippen LogP) is 2.95. The van der Waals surface area contributed by atoms with Gasteiger partial charge in [-0.1, -0.05) is 39.0 Å². The molecule has 6 heteroatoms. The van der Waals surface area contributed by atoms with Crippen LogP contribution in [-0.4, -0.2) is 31.3 Å². The van der Waals surface area contributed by atoms with Crippen molar-refractivity contribution >= 4 is 16.1 Å². The van der Waals surface area contributed by atoms with Gasteiger partial charge in [0, 0.05) is 6.42 Å². The van der Waals surface area contributed by atoms with E-state index < -0.39 is 10.1 Å². The van der Waals surface area contributed by atoms with E-state index in [0.717, 1.165) is 19.3 Å². The van der Waals surface area contributed by atoms with Crippen LogP contribution in [0.15, 0.2) is 0 Å². The Morgan fingerprint density at radius 3 is 2.26 bits per heavy atom. The molecule has 19 heavy (non-hydrogen) atoms. The van der Waals surface area contributed by atoms with Crippen LogP contribution in [-0.2, 0) is 19.6 Å². The third-order valence-corrected chi connectivity index (χ3v) is 3.60. The first-order valence-corrected chi connectivity index (χ1v) is 8.67. The second-order valence-electron chi connectivity index (χ2n) is 4.73. The first-order chi connectivity index (χ1) is 8.95. The normalized spacial score (nSPS) is 11.5. The summed E-state index contributed by atoms with van der Waals surface area (Å²) in [4.78, 5) is 11.3. The minimum Gasteiger partial charge on any atom is -0.466 e. The minimum absolute atomic E-state index is 0.220. The molecule has 1 N–H and O–H groups in total. The summed E-state index contributed by atoms with van der Waals surface area (Å²) in [6.45, 7) is 2.39. The molecular weight excluding hydrogens is 268 g/mol. The molecule has 0 saturated carbocycles. The number of hydrogen-bond donors (Lipinski definition) is 1. The van der Waals surface area contributed by atoms with Crippen LogP contribution in [0.4, 0.5) is 0 Å². The van der Waals surface area contributed by atoms with Gasteiger partial charge in [0.15, 0.2) is 0 Å². The lowest BCUT2D eigenvalue weighted by Crippen LogP contribution is -2.08. The highest BCUT2D eigenvalue weighted by atomic mass is 32.2. The van der Waals surface area contributed by atoms with Gasteiger partial charge in [0.2, 0.25) is 0 Å². The number of rotatable bonds is 12. The summed E-state index contributed by atoms with van der Waals surface area (Å²) in [7, 11) is -3.89. The van der Waals surface area contributed by atoms with Crippen molar-refractivity contribution in [2.24, 2.45) is 0 Å². The van der Waals surface area contributed by atoms with E-state index in [9.17, 15) is 13.2 Å². The zero-order valence-corrected chi connectivity index (χ0v) is 12.6. The van der Waals surface area contributed by atoms with Crippen molar-refractivity contribution in [3.63, 3.8) is 0 Å². The van der Waals surface area contributed by atoms with Crippen molar-refractivity contribution in [1.82, 2.24) is 0 Å². The van der Waals surface area contributed by atoms with Crippen LogP contribution in [0, 0.1) is 0 Å². The third-order valence-electron chi connectivity index (χ3n) is 2.79. The topological polar surface area (TPSA) is 80.7 Å². The third kappa shape index (κ3) is 15.3. The summed E-state index contributed by atoms with van der Waals surface area (Å²) in [5.41, 5.74) is 0. The molecule has 5 nitrogen and oxygen atoms in total. The molecule has 0 aliphatic rings. The van der Waals surface area contributed by atoms with Gasteiger partial charge in [0.25, 0.3) is 10.1 Å². The molecule has 0 aromatic heterocycles. The Labute approximate surface area is 116 Å². The molecule has 0 aliphatic heterocycles. The number of carbonyl (C=O) groups excluding carboxylic acids is 1. The second kappa shape index (κ2) is 11.2. The average molecular weight is 294 g/mol. The van der Waals surface area contributed by atoms with Gasteiger partial charge >= 0.3 is 5.97 Å². The molecule has 0 radical (unpaired) electrons. The van der Waals surface area contributed by atoms with Crippen LogP contribution in [0.1, 0.15) is 64.7 Å². The molecule has 0 rings (SSSR count). The van der Waals surface area contributed by atoms with Crippen LogP contribution in [0.5, 0.6) is 0 Å². The summed E-state index contributed by atoms with van der Waals surface area (Å²) in [5, 5.41) is 0. The van der Waals surface area contributed by atoms with Crippen molar-refractivity contribution in [2.45, 2.75) is 64.7 Å². The fourth-order valence-electron chi connectivity index (χ4n) is 1.69. The van der Waals surface area contributed by atoms with Gasteiger partial charge in [-0.25, -0.2) is 0 Å². The number of esters is 1. The summed E-state index contributed by atoms with van der Waals surface area (Å²) in [6, 6.07) is 0. The standard InChI is InChI=1S/C13H26O5S/c1-2-3-4-5-6-7-10-13(14)18-11-8-9-12-19(15,16)17/h2-12H2,1H3,(H,15,16,17). The maximum absolute atomic E-state index is 11.3. The number of ether oxygens (including phenoxy) is 1. The van der Waals surface area contributed by atoms with Gasteiger partial charge in [-0.15, -0.1) is 0 Å². The predicted molar refractivity (Wildman–Crippen MR) is 74.6 cm³/mol. The molecule has 0 aromatic rings. The molecule has 0 saturated heterocycles. The first kappa shape index (κ1) is 18.4. The van der Waals surface area contributed by atoms with Gasteiger partial charge < -0.3 is 4.74 Å². The van der Waals surface area contributed by atoms with Gasteiger partial charge in [-0.05, 0) is 19.3 Å². The van der Waals surface area contributed by atoms with Crippen molar-refractivity contribution in [2.75, 3.05) is 12.4 Å². The molecule has 0 heterocycles. The van der Waals surface area contributed by atoms with Crippen LogP contribution >= 0.6 is 0 Å². The Balaban J connectivity index is 3.30. The number of hydrogen-bond acceptors (Lipinski definition) is 4. The molecule has 0 spiro atoms. The van der Waals surface area contributed by atoms with Gasteiger partial charge in [-0.3, -0.25) is 9.35 Å². The Bertz CT molecular complexity index is 324. The van der Waals surface area contributed by atoms with Gasteiger partial charge in [0.1, 0.15) is 0 Å². The molecule has 0 amide bonds. The van der Waals surface area contributed by atoms with Crippen molar-refractivity contribution in [3.8, 4) is 0 Å². The van der Waals surface area contributed by atoms with Crippen molar-refractivity contribution in [1.29, 1.82) is 0 Å². The van der Waals surface area contributed by atoms with Crippen LogP contribution in [0.2, 0.25) is 0 Å². The Kier molecular flexibility index (Phi) is 10.9. The lowest BCUT2D eigenvalue weighted by molar-refractivity contribution is -0.143. The summed E-state index contributed by atoms with van der Waals surface area (Å²) in [5.74, 6) is -0.496. The summed E-state index contributed by atoms with van der Waals surface area (Å²) < 4.78 is 34.3. The Morgan fingerprint density at radius 1 is 1.00 bits per heavy atom. The van der Waals surface area contributed by atoms with E-state index in [0.29, 0.717) is 19.3 Å². The van der Waals surface area contributed by atoms with E-state index in [1.54, 1.807) is 0 Å². The SMILES string of the molecule is CCCCCCCCC(=O)OCCCCS(=O)(=O)O. The fourth-order valence-corrected chi connectivity index (χ4v) is 2.26. The Morgan fingerprint density at radius 2 is 1.63 bits per heavy atom. The van der Waals surface area contributed by atoms with Crippen molar-refractivity contribution in [3.05, 3.63) is 0 Å². The molecule has 0 unspecified atom stereocenters. The van der Waals surface area contributed by atoms with E-state index in [2.05, 4.69) is 6.92 Å². The second-order valence-corrected chi connectivity index (χ2v) is 6.30. The maximum atomic E-state index is 11.3. The monoisotopic (exact) mass is 294 g/mol. The molecule has 0 fully saturated rings. The largest absolute Gasteiger partial charge is 0.466 e. The maximum Gasteiger partial charge on any atom is 0.305 e. The number of unbranched alkanes of at least 4 members (excludes halogenated alkanes) is 6. The minimum atomic E-state index is -3.89. The molecule has 0 aromatic carbocycles. The Hall–Kier alpha value is -0.620. The summed E-state index contributed by atoms with van der Waals surface area (Å²) in [6.07, 6.45) is 7.96. The van der Waals surface area contributed by atoms with Crippen LogP contribution in [0.25, 0.3) is 0 Å². The van der Waals surface area contributed by atoms with E-state index >= 15 is 0 Å². The van der Waals surface area contributed by atoms with E-state index in [4.69, 9.17) is 9.29 Å². The van der Waals surface area contributed by atoms with E-state index in [1.165, 1.54) is 19.3 Å². The molecule has 0 atom stereocenters. The van der Waals surface area contributed by atoms with E-state index in [1.807, 2.05) is 0 Å². The van der Waals surface area contributed by atoms with Crippen LogP contribution in [0.3, 0.4) is 0 Å². The quantitative estimate of drug-likeness (QED) is 0.340. The highest BCUT2D eigenvalue weighted by Crippen LogP contribution is 2.07. The molecular formula is C13H26O5S. The molecule has 0 aliphatic carbocycles. The van der Waals surface area contributed by atoms with Crippen LogP contribution < -0.4 is 0 Å². The lowest BCUT2D eigenvalue weighted by atomic mass is 10.1.